The molecule has 0 spiro atoms. The smallest absolute Gasteiger partial charge is 0.409 e. The topological polar surface area (TPSA) is 117 Å². The zero-order valence-electron chi connectivity index (χ0n) is 25.4. The van der Waals surface area contributed by atoms with Gasteiger partial charge in [-0.05, 0) is 43.5 Å². The summed E-state index contributed by atoms with van der Waals surface area (Å²) in [7, 11) is 0. The lowest BCUT2D eigenvalue weighted by Gasteiger charge is -2.44. The molecule has 3 amide bonds. The number of benzene rings is 1. The molecule has 3 fully saturated rings. The number of fused-ring (bicyclic) bond motifs is 4. The molecule has 12 nitrogen and oxygen atoms in total. The summed E-state index contributed by atoms with van der Waals surface area (Å²) in [6.07, 6.45) is 1.01. The number of pyridine rings is 1. The number of piperazine rings is 1. The molecule has 4 aliphatic rings. The summed E-state index contributed by atoms with van der Waals surface area (Å²) in [4.78, 5) is 59.4. The molecule has 0 aliphatic carbocycles. The Kier molecular flexibility index (Phi) is 9.17. The van der Waals surface area contributed by atoms with Crippen LogP contribution >= 0.6 is 0 Å². The van der Waals surface area contributed by atoms with E-state index >= 15 is 0 Å². The van der Waals surface area contributed by atoms with Crippen LogP contribution in [0.3, 0.4) is 0 Å². The predicted molar refractivity (Wildman–Crippen MR) is 165 cm³/mol. The lowest BCUT2D eigenvalue weighted by Crippen LogP contribution is -2.50. The SMILES string of the molecule is CCOC(=O)N1CCN(C(=O)c2ccc(N3C[C@H]4C[C@@H](C3)c3cccc(=O)n3C4)c(NC(=O)CCN3CCOCC3)c2)CC1. The first-order valence-corrected chi connectivity index (χ1v) is 15.8. The van der Waals surface area contributed by atoms with Crippen molar-refractivity contribution in [3.05, 3.63) is 58.0 Å². The van der Waals surface area contributed by atoms with Gasteiger partial charge in [-0.25, -0.2) is 4.79 Å². The lowest BCUT2D eigenvalue weighted by atomic mass is 9.83. The Labute approximate surface area is 257 Å². The molecule has 1 N–H and O–H groups in total. The highest BCUT2D eigenvalue weighted by Crippen LogP contribution is 2.39. The number of amides is 3. The first-order valence-electron chi connectivity index (χ1n) is 15.8. The van der Waals surface area contributed by atoms with E-state index in [1.165, 1.54) is 0 Å². The van der Waals surface area contributed by atoms with Gasteiger partial charge in [-0.3, -0.25) is 19.3 Å². The third-order valence-electron chi connectivity index (χ3n) is 9.19. The predicted octanol–water partition coefficient (Wildman–Crippen LogP) is 2.05. The van der Waals surface area contributed by atoms with Crippen molar-refractivity contribution in [3.8, 4) is 0 Å². The maximum atomic E-state index is 13.6. The first-order chi connectivity index (χ1) is 21.4. The molecular weight excluding hydrogens is 564 g/mol. The van der Waals surface area contributed by atoms with Crippen LogP contribution in [0.25, 0.3) is 0 Å². The van der Waals surface area contributed by atoms with Crippen molar-refractivity contribution in [2.24, 2.45) is 5.92 Å². The average Bonchev–Trinajstić information content (AvgIpc) is 3.04. The summed E-state index contributed by atoms with van der Waals surface area (Å²) in [6.45, 7) is 9.52. The molecule has 5 heterocycles. The molecule has 3 saturated heterocycles. The molecule has 12 heteroatoms. The third kappa shape index (κ3) is 6.61. The fourth-order valence-electron chi connectivity index (χ4n) is 6.92. The van der Waals surface area contributed by atoms with Crippen LogP contribution < -0.4 is 15.8 Å². The van der Waals surface area contributed by atoms with Gasteiger partial charge in [-0.1, -0.05) is 6.07 Å². The molecule has 44 heavy (non-hydrogen) atoms. The minimum Gasteiger partial charge on any atom is -0.450 e. The fraction of sp³-hybridized carbons (Fsp3) is 0.562. The fourth-order valence-corrected chi connectivity index (χ4v) is 6.92. The minimum atomic E-state index is -0.357. The largest absolute Gasteiger partial charge is 0.450 e. The van der Waals surface area contributed by atoms with Gasteiger partial charge in [0.25, 0.3) is 11.5 Å². The third-order valence-corrected chi connectivity index (χ3v) is 9.19. The standard InChI is InChI=1S/C32H42N6O6/c1-2-44-32(42)36-12-10-35(11-13-36)31(41)24-6-7-28(26(19-24)33-29(39)8-9-34-14-16-43-17-15-34)37-20-23-18-25(22-37)27-4-3-5-30(40)38(27)21-23/h3-7,19,23,25H,2,8-18,20-22H2,1H3,(H,33,39)/t23-,25+/m1/s1. The highest BCUT2D eigenvalue weighted by atomic mass is 16.6. The van der Waals surface area contributed by atoms with Crippen LogP contribution in [-0.2, 0) is 20.8 Å². The second-order valence-corrected chi connectivity index (χ2v) is 12.1. The second-order valence-electron chi connectivity index (χ2n) is 12.1. The Bertz CT molecular complexity index is 1430. The van der Waals surface area contributed by atoms with Gasteiger partial charge in [0.15, 0.2) is 0 Å². The number of nitrogens with zero attached hydrogens (tertiary/aromatic N) is 5. The summed E-state index contributed by atoms with van der Waals surface area (Å²) in [6, 6.07) is 11.1. The molecule has 2 bridgehead atoms. The van der Waals surface area contributed by atoms with Crippen molar-refractivity contribution in [3.63, 3.8) is 0 Å². The van der Waals surface area contributed by atoms with Gasteiger partial charge in [0.1, 0.15) is 0 Å². The number of carbonyl (C=O) groups is 3. The van der Waals surface area contributed by atoms with E-state index in [0.29, 0.717) is 82.7 Å². The highest BCUT2D eigenvalue weighted by molar-refractivity contribution is 6.00. The number of morpholine rings is 1. The summed E-state index contributed by atoms with van der Waals surface area (Å²) in [5, 5.41) is 3.14. The van der Waals surface area contributed by atoms with Gasteiger partial charge in [0.05, 0.1) is 31.2 Å². The van der Waals surface area contributed by atoms with Gasteiger partial charge < -0.3 is 34.1 Å². The normalized spacial score (nSPS) is 21.9. The van der Waals surface area contributed by atoms with Crippen LogP contribution in [0, 0.1) is 5.92 Å². The van der Waals surface area contributed by atoms with E-state index < -0.39 is 0 Å². The van der Waals surface area contributed by atoms with E-state index in [9.17, 15) is 19.2 Å². The Hall–Kier alpha value is -3.90. The number of nitrogens with one attached hydrogen (secondary N) is 1. The minimum absolute atomic E-state index is 0.0461. The first kappa shape index (κ1) is 30.1. The molecule has 6 rings (SSSR count). The van der Waals surface area contributed by atoms with Crippen LogP contribution in [0.15, 0.2) is 41.2 Å². The second kappa shape index (κ2) is 13.4. The van der Waals surface area contributed by atoms with Crippen molar-refractivity contribution in [1.82, 2.24) is 19.3 Å². The Morgan fingerprint density at radius 3 is 2.50 bits per heavy atom. The zero-order chi connectivity index (χ0) is 30.6. The summed E-state index contributed by atoms with van der Waals surface area (Å²) >= 11 is 0. The monoisotopic (exact) mass is 606 g/mol. The molecule has 0 saturated carbocycles. The Morgan fingerprint density at radius 2 is 1.73 bits per heavy atom. The molecule has 0 radical (unpaired) electrons. The quantitative estimate of drug-likeness (QED) is 0.509. The Morgan fingerprint density at radius 1 is 0.955 bits per heavy atom. The van der Waals surface area contributed by atoms with Gasteiger partial charge >= 0.3 is 6.09 Å². The van der Waals surface area contributed by atoms with E-state index in [0.717, 1.165) is 44.0 Å². The van der Waals surface area contributed by atoms with Crippen molar-refractivity contribution >= 4 is 29.3 Å². The van der Waals surface area contributed by atoms with Crippen LogP contribution in [0.1, 0.15) is 41.7 Å². The van der Waals surface area contributed by atoms with E-state index in [2.05, 4.69) is 15.1 Å². The number of piperidine rings is 1. The molecule has 4 aliphatic heterocycles. The van der Waals surface area contributed by atoms with Gasteiger partial charge in [0, 0.05) is 95.1 Å². The average molecular weight is 607 g/mol. The Balaban J connectivity index is 1.21. The van der Waals surface area contributed by atoms with E-state index in [4.69, 9.17) is 9.47 Å². The van der Waals surface area contributed by atoms with E-state index in [1.807, 2.05) is 28.8 Å². The van der Waals surface area contributed by atoms with E-state index in [-0.39, 0.29) is 29.4 Å². The van der Waals surface area contributed by atoms with Gasteiger partial charge in [-0.15, -0.1) is 0 Å². The van der Waals surface area contributed by atoms with Gasteiger partial charge in [-0.2, -0.15) is 0 Å². The van der Waals surface area contributed by atoms with Crippen LogP contribution in [0.2, 0.25) is 0 Å². The van der Waals surface area contributed by atoms with Crippen molar-refractivity contribution < 1.29 is 23.9 Å². The van der Waals surface area contributed by atoms with Crippen LogP contribution in [0.5, 0.6) is 0 Å². The lowest BCUT2D eigenvalue weighted by molar-refractivity contribution is -0.116. The van der Waals surface area contributed by atoms with Crippen LogP contribution in [-0.4, -0.2) is 116 Å². The number of anilines is 2. The summed E-state index contributed by atoms with van der Waals surface area (Å²) in [5.41, 5.74) is 3.11. The van der Waals surface area contributed by atoms with Gasteiger partial charge in [0.2, 0.25) is 5.91 Å². The number of aromatic nitrogens is 1. The van der Waals surface area contributed by atoms with E-state index in [1.54, 1.807) is 28.9 Å². The molecule has 2 atom stereocenters. The number of carbonyl (C=O) groups excluding carboxylic acids is 3. The maximum absolute atomic E-state index is 13.6. The summed E-state index contributed by atoms with van der Waals surface area (Å²) in [5.74, 6) is 0.286. The van der Waals surface area contributed by atoms with Crippen molar-refractivity contribution in [2.45, 2.75) is 32.2 Å². The summed E-state index contributed by atoms with van der Waals surface area (Å²) < 4.78 is 12.5. The highest BCUT2D eigenvalue weighted by Gasteiger charge is 2.35. The molecule has 1 aromatic heterocycles. The molecule has 0 unspecified atom stereocenters. The van der Waals surface area contributed by atoms with Crippen molar-refractivity contribution in [2.75, 3.05) is 88.9 Å². The number of hydrogen-bond acceptors (Lipinski definition) is 8. The van der Waals surface area contributed by atoms with Crippen LogP contribution in [0.4, 0.5) is 16.2 Å². The van der Waals surface area contributed by atoms with Crippen molar-refractivity contribution in [1.29, 1.82) is 0 Å². The zero-order valence-corrected chi connectivity index (χ0v) is 25.4. The molecule has 2 aromatic rings. The molecule has 236 valence electrons. The molecular formula is C32H42N6O6. The number of ether oxygens (including phenoxy) is 2. The number of rotatable bonds is 7. The maximum Gasteiger partial charge on any atom is 0.409 e. The number of hydrogen-bond donors (Lipinski definition) is 1. The molecule has 1 aromatic carbocycles.